The smallest absolute Gasteiger partial charge is 0.246 e. The van der Waals surface area contributed by atoms with Crippen molar-refractivity contribution >= 4 is 28.2 Å². The van der Waals surface area contributed by atoms with Gasteiger partial charge in [-0.25, -0.2) is 9.97 Å². The van der Waals surface area contributed by atoms with E-state index in [-0.39, 0.29) is 18.9 Å². The van der Waals surface area contributed by atoms with E-state index in [1.54, 1.807) is 13.1 Å². The van der Waals surface area contributed by atoms with E-state index in [1.807, 2.05) is 23.6 Å². The molecule has 0 aliphatic carbocycles. The topological polar surface area (TPSA) is 106 Å². The summed E-state index contributed by atoms with van der Waals surface area (Å²) in [5.74, 6) is 1.48. The molecule has 0 radical (unpaired) electrons. The van der Waals surface area contributed by atoms with E-state index in [2.05, 4.69) is 30.7 Å². The number of rotatable bonds is 6. The third-order valence-corrected chi connectivity index (χ3v) is 3.61. The van der Waals surface area contributed by atoms with Crippen molar-refractivity contribution in [2.45, 2.75) is 19.9 Å². The van der Waals surface area contributed by atoms with Crippen LogP contribution in [0.15, 0.2) is 34.3 Å². The van der Waals surface area contributed by atoms with E-state index in [0.717, 1.165) is 0 Å². The second-order valence-corrected chi connectivity index (χ2v) is 5.53. The molecular weight excluding hydrogens is 316 g/mol. The Morgan fingerprint density at radius 1 is 1.35 bits per heavy atom. The molecule has 0 fully saturated rings. The van der Waals surface area contributed by atoms with E-state index in [9.17, 15) is 4.79 Å². The lowest BCUT2D eigenvalue weighted by molar-refractivity contribution is -0.120. The third-order valence-electron chi connectivity index (χ3n) is 2.80. The monoisotopic (exact) mass is 330 g/mol. The SMILES string of the molecule is Cc1noc(CNC(=O)Cc2csc(Nc3ccccn3)n2)n1. The first-order valence-corrected chi connectivity index (χ1v) is 7.75. The van der Waals surface area contributed by atoms with E-state index >= 15 is 0 Å². The van der Waals surface area contributed by atoms with Gasteiger partial charge >= 0.3 is 0 Å². The summed E-state index contributed by atoms with van der Waals surface area (Å²) in [4.78, 5) is 24.4. The highest BCUT2D eigenvalue weighted by Crippen LogP contribution is 2.19. The molecule has 0 spiro atoms. The number of nitrogens with zero attached hydrogens (tertiary/aromatic N) is 4. The number of carbonyl (C=O) groups excluding carboxylic acids is 1. The standard InChI is InChI=1S/C14H14N6O2S/c1-9-17-13(22-20-9)7-16-12(21)6-10-8-23-14(18-10)19-11-4-2-3-5-15-11/h2-5,8H,6-7H2,1H3,(H,16,21)(H,15,18,19). The van der Waals surface area contributed by atoms with Gasteiger partial charge in [0.25, 0.3) is 0 Å². The predicted octanol–water partition coefficient (Wildman–Crippen LogP) is 1.83. The lowest BCUT2D eigenvalue weighted by atomic mass is 10.3. The van der Waals surface area contributed by atoms with Crippen LogP contribution in [0.2, 0.25) is 0 Å². The Morgan fingerprint density at radius 3 is 3.00 bits per heavy atom. The highest BCUT2D eigenvalue weighted by molar-refractivity contribution is 7.13. The summed E-state index contributed by atoms with van der Waals surface area (Å²) in [7, 11) is 0. The number of anilines is 2. The lowest BCUT2D eigenvalue weighted by Gasteiger charge is -2.01. The fraction of sp³-hybridized carbons (Fsp3) is 0.214. The Balaban J connectivity index is 1.51. The van der Waals surface area contributed by atoms with Gasteiger partial charge in [-0.2, -0.15) is 4.98 Å². The Kier molecular flexibility index (Phi) is 4.57. The van der Waals surface area contributed by atoms with Crippen LogP contribution in [0.25, 0.3) is 0 Å². The maximum absolute atomic E-state index is 11.9. The zero-order valence-electron chi connectivity index (χ0n) is 12.3. The van der Waals surface area contributed by atoms with Gasteiger partial charge in [-0.15, -0.1) is 11.3 Å². The number of hydrogen-bond acceptors (Lipinski definition) is 8. The second-order valence-electron chi connectivity index (χ2n) is 4.67. The molecule has 118 valence electrons. The Morgan fingerprint density at radius 2 is 2.26 bits per heavy atom. The zero-order chi connectivity index (χ0) is 16.1. The number of pyridine rings is 1. The van der Waals surface area contributed by atoms with Crippen molar-refractivity contribution in [3.63, 3.8) is 0 Å². The van der Waals surface area contributed by atoms with Crippen LogP contribution in [0, 0.1) is 6.92 Å². The maximum atomic E-state index is 11.9. The molecule has 3 aromatic heterocycles. The number of aryl methyl sites for hydroxylation is 1. The molecule has 0 saturated heterocycles. The van der Waals surface area contributed by atoms with Gasteiger partial charge in [0.2, 0.25) is 11.8 Å². The first-order chi connectivity index (χ1) is 11.2. The van der Waals surface area contributed by atoms with Crippen molar-refractivity contribution in [1.82, 2.24) is 25.4 Å². The largest absolute Gasteiger partial charge is 0.347 e. The van der Waals surface area contributed by atoms with Crippen molar-refractivity contribution < 1.29 is 9.32 Å². The van der Waals surface area contributed by atoms with Crippen LogP contribution in [0.5, 0.6) is 0 Å². The summed E-state index contributed by atoms with van der Waals surface area (Å²) in [5, 5.41) is 12.0. The van der Waals surface area contributed by atoms with Crippen LogP contribution in [-0.2, 0) is 17.8 Å². The van der Waals surface area contributed by atoms with Crippen molar-refractivity contribution in [1.29, 1.82) is 0 Å². The highest BCUT2D eigenvalue weighted by Gasteiger charge is 2.10. The average Bonchev–Trinajstić information content (AvgIpc) is 3.15. The molecule has 0 bridgehead atoms. The van der Waals surface area contributed by atoms with Gasteiger partial charge in [0, 0.05) is 11.6 Å². The fourth-order valence-electron chi connectivity index (χ4n) is 1.80. The van der Waals surface area contributed by atoms with Gasteiger partial charge in [0.05, 0.1) is 18.7 Å². The number of thiazole rings is 1. The van der Waals surface area contributed by atoms with Gasteiger partial charge < -0.3 is 15.2 Å². The van der Waals surface area contributed by atoms with E-state index in [4.69, 9.17) is 4.52 Å². The second kappa shape index (κ2) is 6.97. The number of carbonyl (C=O) groups is 1. The predicted molar refractivity (Wildman–Crippen MR) is 84.2 cm³/mol. The molecule has 3 aromatic rings. The van der Waals surface area contributed by atoms with Gasteiger partial charge in [-0.1, -0.05) is 11.2 Å². The van der Waals surface area contributed by atoms with Crippen LogP contribution in [0.1, 0.15) is 17.4 Å². The summed E-state index contributed by atoms with van der Waals surface area (Å²) in [6, 6.07) is 5.57. The molecule has 8 nitrogen and oxygen atoms in total. The molecule has 0 aliphatic heterocycles. The van der Waals surface area contributed by atoms with Crippen molar-refractivity contribution in [2.75, 3.05) is 5.32 Å². The van der Waals surface area contributed by atoms with Crippen LogP contribution in [0.4, 0.5) is 10.9 Å². The van der Waals surface area contributed by atoms with Crippen LogP contribution in [0.3, 0.4) is 0 Å². The molecule has 23 heavy (non-hydrogen) atoms. The molecule has 0 atom stereocenters. The first-order valence-electron chi connectivity index (χ1n) is 6.87. The van der Waals surface area contributed by atoms with Crippen molar-refractivity contribution in [2.24, 2.45) is 0 Å². The summed E-state index contributed by atoms with van der Waals surface area (Å²) < 4.78 is 4.93. The van der Waals surface area contributed by atoms with E-state index in [0.29, 0.717) is 28.4 Å². The van der Waals surface area contributed by atoms with Crippen LogP contribution < -0.4 is 10.6 Å². The Labute approximate surface area is 136 Å². The molecule has 0 aliphatic rings. The molecular formula is C14H14N6O2S. The lowest BCUT2D eigenvalue weighted by Crippen LogP contribution is -2.24. The minimum Gasteiger partial charge on any atom is -0.347 e. The maximum Gasteiger partial charge on any atom is 0.246 e. The summed E-state index contributed by atoms with van der Waals surface area (Å²) in [6.45, 7) is 1.93. The van der Waals surface area contributed by atoms with Gasteiger partial charge in [-0.3, -0.25) is 4.79 Å². The van der Waals surface area contributed by atoms with Crippen LogP contribution >= 0.6 is 11.3 Å². The fourth-order valence-corrected chi connectivity index (χ4v) is 2.52. The summed E-state index contributed by atoms with van der Waals surface area (Å²) >= 11 is 1.42. The number of nitrogens with one attached hydrogen (secondary N) is 2. The highest BCUT2D eigenvalue weighted by atomic mass is 32.1. The third kappa shape index (κ3) is 4.33. The molecule has 9 heteroatoms. The number of aromatic nitrogens is 4. The molecule has 2 N–H and O–H groups in total. The Hall–Kier alpha value is -2.81. The number of hydrogen-bond donors (Lipinski definition) is 2. The van der Waals surface area contributed by atoms with Gasteiger partial charge in [0.15, 0.2) is 11.0 Å². The first kappa shape index (κ1) is 15.1. The minimum absolute atomic E-state index is 0.157. The molecule has 0 unspecified atom stereocenters. The molecule has 1 amide bonds. The molecule has 3 rings (SSSR count). The van der Waals surface area contributed by atoms with Gasteiger partial charge in [-0.05, 0) is 19.1 Å². The summed E-state index contributed by atoms with van der Waals surface area (Å²) in [5.41, 5.74) is 0.688. The molecule has 3 heterocycles. The van der Waals surface area contributed by atoms with Crippen LogP contribution in [-0.4, -0.2) is 26.0 Å². The minimum atomic E-state index is -0.157. The summed E-state index contributed by atoms with van der Waals surface area (Å²) in [6.07, 6.45) is 1.89. The number of amides is 1. The normalized spacial score (nSPS) is 10.5. The Bertz CT molecular complexity index is 785. The van der Waals surface area contributed by atoms with Crippen molar-refractivity contribution in [3.8, 4) is 0 Å². The van der Waals surface area contributed by atoms with Crippen molar-refractivity contribution in [3.05, 3.63) is 47.2 Å². The zero-order valence-corrected chi connectivity index (χ0v) is 13.1. The van der Waals surface area contributed by atoms with Gasteiger partial charge in [0.1, 0.15) is 5.82 Å². The molecule has 0 saturated carbocycles. The average molecular weight is 330 g/mol. The van der Waals surface area contributed by atoms with E-state index < -0.39 is 0 Å². The van der Waals surface area contributed by atoms with E-state index in [1.165, 1.54) is 11.3 Å². The molecule has 0 aromatic carbocycles. The quantitative estimate of drug-likeness (QED) is 0.710.